The van der Waals surface area contributed by atoms with E-state index in [4.69, 9.17) is 9.72 Å². The van der Waals surface area contributed by atoms with Crippen molar-refractivity contribution >= 4 is 50.8 Å². The van der Waals surface area contributed by atoms with E-state index in [2.05, 4.69) is 29.3 Å². The Morgan fingerprint density at radius 3 is 2.59 bits per heavy atom. The summed E-state index contributed by atoms with van der Waals surface area (Å²) in [6.45, 7) is 6.47. The highest BCUT2D eigenvalue weighted by atomic mass is 32.1. The fourth-order valence-corrected chi connectivity index (χ4v) is 6.06. The van der Waals surface area contributed by atoms with Gasteiger partial charge < -0.3 is 15.0 Å². The summed E-state index contributed by atoms with van der Waals surface area (Å²) in [5.74, 6) is 0.287. The Labute approximate surface area is 220 Å². The van der Waals surface area contributed by atoms with Gasteiger partial charge in [0.1, 0.15) is 10.8 Å². The fourth-order valence-electron chi connectivity index (χ4n) is 5.08. The predicted octanol–water partition coefficient (Wildman–Crippen LogP) is 5.94. The number of ether oxygens (including phenoxy) is 1. The lowest BCUT2D eigenvalue weighted by molar-refractivity contribution is -0.120. The number of para-hydroxylation sites is 1. The van der Waals surface area contributed by atoms with E-state index < -0.39 is 0 Å². The Kier molecular flexibility index (Phi) is 7.06. The molecular weight excluding hydrogens is 482 g/mol. The second-order valence-electron chi connectivity index (χ2n) is 8.99. The standard InChI is InChI=1S/C30H29N3O3S/c1-4-33-15-9-10-20-16-23(26(36-18-34)17-25(20)33)28(21-11-5-6-12-22(21)29(35)31-3)19(2)30-32-24-13-7-8-14-27(24)37-30/h5-8,11-14,16-18H,4,9-10,15H2,1-3H3,(H,31,35)/b28-19+. The van der Waals surface area contributed by atoms with Gasteiger partial charge >= 0.3 is 0 Å². The molecule has 2 heterocycles. The van der Waals surface area contributed by atoms with Gasteiger partial charge in [-0.25, -0.2) is 4.98 Å². The molecule has 7 heteroatoms. The van der Waals surface area contributed by atoms with Crippen LogP contribution in [0.2, 0.25) is 0 Å². The quantitative estimate of drug-likeness (QED) is 0.311. The smallest absolute Gasteiger partial charge is 0.298 e. The number of fused-ring (bicyclic) bond motifs is 2. The van der Waals surface area contributed by atoms with Crippen molar-refractivity contribution in [3.8, 4) is 5.75 Å². The van der Waals surface area contributed by atoms with E-state index in [1.54, 1.807) is 18.4 Å². The third kappa shape index (κ3) is 4.62. The molecule has 0 unspecified atom stereocenters. The van der Waals surface area contributed by atoms with E-state index in [-0.39, 0.29) is 5.91 Å². The van der Waals surface area contributed by atoms with E-state index >= 15 is 0 Å². The molecule has 1 aromatic heterocycles. The molecule has 0 aliphatic carbocycles. The minimum atomic E-state index is -0.182. The number of aromatic nitrogens is 1. The van der Waals surface area contributed by atoms with Crippen LogP contribution in [0, 0.1) is 0 Å². The summed E-state index contributed by atoms with van der Waals surface area (Å²) in [6.07, 6.45) is 1.99. The van der Waals surface area contributed by atoms with Crippen molar-refractivity contribution < 1.29 is 14.3 Å². The SMILES string of the molecule is CCN1CCCc2cc(/C(=C(\C)c3nc4ccccc4s3)c3ccccc3C(=O)NC)c(OC=O)cc21. The van der Waals surface area contributed by atoms with Crippen LogP contribution in [0.25, 0.3) is 21.4 Å². The molecule has 5 rings (SSSR count). The zero-order valence-electron chi connectivity index (χ0n) is 21.2. The molecule has 0 bridgehead atoms. The van der Waals surface area contributed by atoms with Crippen LogP contribution >= 0.6 is 11.3 Å². The number of nitrogens with one attached hydrogen (secondary N) is 1. The number of anilines is 1. The topological polar surface area (TPSA) is 71.5 Å². The van der Waals surface area contributed by atoms with Gasteiger partial charge in [0.25, 0.3) is 12.4 Å². The Morgan fingerprint density at radius 1 is 1.11 bits per heavy atom. The summed E-state index contributed by atoms with van der Waals surface area (Å²) in [4.78, 5) is 31.8. The minimum absolute atomic E-state index is 0.182. The van der Waals surface area contributed by atoms with Crippen molar-refractivity contribution in [2.24, 2.45) is 0 Å². The number of rotatable bonds is 7. The molecule has 4 aromatic rings. The van der Waals surface area contributed by atoms with Crippen molar-refractivity contribution in [2.45, 2.75) is 26.7 Å². The monoisotopic (exact) mass is 511 g/mol. The number of hydrogen-bond acceptors (Lipinski definition) is 6. The second kappa shape index (κ2) is 10.6. The van der Waals surface area contributed by atoms with Crippen molar-refractivity contribution in [3.05, 3.63) is 87.9 Å². The molecule has 0 atom stereocenters. The molecule has 1 amide bonds. The van der Waals surface area contributed by atoms with Gasteiger partial charge in [-0.3, -0.25) is 9.59 Å². The van der Waals surface area contributed by atoms with Crippen LogP contribution in [0.3, 0.4) is 0 Å². The lowest BCUT2D eigenvalue weighted by Crippen LogP contribution is -2.29. The molecule has 0 saturated heterocycles. The molecule has 1 aliphatic heterocycles. The van der Waals surface area contributed by atoms with Crippen LogP contribution in [0.15, 0.2) is 60.7 Å². The van der Waals surface area contributed by atoms with Crippen LogP contribution < -0.4 is 15.0 Å². The first-order chi connectivity index (χ1) is 18.0. The molecule has 1 N–H and O–H groups in total. The van der Waals surface area contributed by atoms with E-state index in [1.165, 1.54) is 5.56 Å². The van der Waals surface area contributed by atoms with Gasteiger partial charge in [-0.1, -0.05) is 30.3 Å². The second-order valence-corrected chi connectivity index (χ2v) is 10.0. The lowest BCUT2D eigenvalue weighted by atomic mass is 9.87. The number of allylic oxidation sites excluding steroid dienone is 1. The molecule has 37 heavy (non-hydrogen) atoms. The van der Waals surface area contributed by atoms with Gasteiger partial charge in [-0.05, 0) is 73.2 Å². The maximum absolute atomic E-state index is 13.0. The molecule has 0 saturated carbocycles. The molecular formula is C30H29N3O3S. The highest BCUT2D eigenvalue weighted by molar-refractivity contribution is 7.19. The Morgan fingerprint density at radius 2 is 1.86 bits per heavy atom. The first-order valence-corrected chi connectivity index (χ1v) is 13.3. The van der Waals surface area contributed by atoms with Gasteiger partial charge in [0.2, 0.25) is 0 Å². The molecule has 3 aromatic carbocycles. The van der Waals surface area contributed by atoms with Crippen LogP contribution in [0.5, 0.6) is 5.75 Å². The first-order valence-electron chi connectivity index (χ1n) is 12.5. The molecule has 1 aliphatic rings. The molecule has 6 nitrogen and oxygen atoms in total. The number of hydrogen-bond donors (Lipinski definition) is 1. The predicted molar refractivity (Wildman–Crippen MR) is 150 cm³/mol. The van der Waals surface area contributed by atoms with Gasteiger partial charge in [-0.15, -0.1) is 11.3 Å². The summed E-state index contributed by atoms with van der Waals surface area (Å²) in [7, 11) is 1.63. The van der Waals surface area contributed by atoms with Gasteiger partial charge in [0, 0.05) is 43.0 Å². The summed E-state index contributed by atoms with van der Waals surface area (Å²) in [5, 5.41) is 3.62. The van der Waals surface area contributed by atoms with E-state index in [0.29, 0.717) is 17.8 Å². The summed E-state index contributed by atoms with van der Waals surface area (Å²) >= 11 is 1.61. The fraction of sp³-hybridized carbons (Fsp3) is 0.233. The zero-order chi connectivity index (χ0) is 25.9. The molecule has 188 valence electrons. The van der Waals surface area contributed by atoms with Gasteiger partial charge in [-0.2, -0.15) is 0 Å². The lowest BCUT2D eigenvalue weighted by Gasteiger charge is -2.31. The number of amides is 1. The number of carbonyl (C=O) groups is 2. The Hall–Kier alpha value is -3.97. The van der Waals surface area contributed by atoms with Gasteiger partial charge in [0.05, 0.1) is 10.2 Å². The van der Waals surface area contributed by atoms with Gasteiger partial charge in [0.15, 0.2) is 0 Å². The molecule has 0 spiro atoms. The number of nitrogens with zero attached hydrogens (tertiary/aromatic N) is 2. The normalized spacial score (nSPS) is 13.6. The Bertz CT molecular complexity index is 1490. The average molecular weight is 512 g/mol. The van der Waals surface area contributed by atoms with Crippen molar-refractivity contribution in [1.82, 2.24) is 10.3 Å². The van der Waals surface area contributed by atoms with Crippen LogP contribution in [0.4, 0.5) is 5.69 Å². The third-order valence-corrected chi connectivity index (χ3v) is 8.04. The highest BCUT2D eigenvalue weighted by Crippen LogP contribution is 2.43. The maximum atomic E-state index is 13.0. The van der Waals surface area contributed by atoms with E-state index in [0.717, 1.165) is 69.1 Å². The number of carbonyl (C=O) groups excluding carboxylic acids is 2. The number of thiazole rings is 1. The van der Waals surface area contributed by atoms with Crippen molar-refractivity contribution in [1.29, 1.82) is 0 Å². The van der Waals surface area contributed by atoms with Crippen LogP contribution in [0.1, 0.15) is 52.3 Å². The van der Waals surface area contributed by atoms with E-state index in [1.807, 2.05) is 55.5 Å². The molecule has 0 fully saturated rings. The minimum Gasteiger partial charge on any atom is -0.428 e. The number of aryl methyl sites for hydroxylation is 1. The molecule has 0 radical (unpaired) electrons. The number of benzene rings is 3. The Balaban J connectivity index is 1.83. The average Bonchev–Trinajstić information content (AvgIpc) is 3.37. The summed E-state index contributed by atoms with van der Waals surface area (Å²) in [5.41, 5.74) is 7.04. The maximum Gasteiger partial charge on any atom is 0.298 e. The largest absolute Gasteiger partial charge is 0.428 e. The van der Waals surface area contributed by atoms with Crippen LogP contribution in [-0.2, 0) is 11.2 Å². The third-order valence-electron chi connectivity index (χ3n) is 6.88. The van der Waals surface area contributed by atoms with Crippen LogP contribution in [-0.4, -0.2) is 37.5 Å². The van der Waals surface area contributed by atoms with Crippen molar-refractivity contribution in [3.63, 3.8) is 0 Å². The van der Waals surface area contributed by atoms with E-state index in [9.17, 15) is 9.59 Å². The summed E-state index contributed by atoms with van der Waals surface area (Å²) in [6, 6.07) is 19.7. The highest BCUT2D eigenvalue weighted by Gasteiger charge is 2.25. The van der Waals surface area contributed by atoms with Crippen molar-refractivity contribution in [2.75, 3.05) is 25.0 Å². The zero-order valence-corrected chi connectivity index (χ0v) is 22.0. The summed E-state index contributed by atoms with van der Waals surface area (Å²) < 4.78 is 6.70. The first kappa shape index (κ1) is 24.7.